The summed E-state index contributed by atoms with van der Waals surface area (Å²) >= 11 is 0. The van der Waals surface area contributed by atoms with E-state index in [2.05, 4.69) is 9.97 Å². The minimum absolute atomic E-state index is 0.0325. The summed E-state index contributed by atoms with van der Waals surface area (Å²) in [5.74, 6) is -0.0325. The number of aromatic nitrogens is 2. The van der Waals surface area contributed by atoms with Gasteiger partial charge in [0, 0.05) is 38.4 Å². The van der Waals surface area contributed by atoms with Crippen LogP contribution in [0.25, 0.3) is 0 Å². The van der Waals surface area contributed by atoms with Crippen molar-refractivity contribution in [3.8, 4) is 0 Å². The fourth-order valence-corrected chi connectivity index (χ4v) is 1.54. The summed E-state index contributed by atoms with van der Waals surface area (Å²) in [4.78, 5) is 21.6. The van der Waals surface area contributed by atoms with Crippen molar-refractivity contribution in [3.63, 3.8) is 0 Å². The highest BCUT2D eigenvalue weighted by atomic mass is 16.2. The van der Waals surface area contributed by atoms with E-state index in [1.54, 1.807) is 48.9 Å². The molecule has 0 atom stereocenters. The first-order valence-electron chi connectivity index (χ1n) is 5.32. The molecular weight excluding hydrogens is 214 g/mol. The summed E-state index contributed by atoms with van der Waals surface area (Å²) < 4.78 is 0. The summed E-state index contributed by atoms with van der Waals surface area (Å²) in [5.41, 5.74) is 1.66. The molecule has 0 spiro atoms. The number of nitrogens with zero attached hydrogens (tertiary/aromatic N) is 3. The van der Waals surface area contributed by atoms with E-state index in [-0.39, 0.29) is 5.91 Å². The lowest BCUT2D eigenvalue weighted by Gasteiger charge is -2.16. The van der Waals surface area contributed by atoms with Crippen molar-refractivity contribution in [1.82, 2.24) is 14.9 Å². The molecule has 0 aliphatic carbocycles. The zero-order chi connectivity index (χ0) is 12.1. The van der Waals surface area contributed by atoms with Crippen LogP contribution >= 0.6 is 0 Å². The second-order valence-electron chi connectivity index (χ2n) is 3.76. The second kappa shape index (κ2) is 5.21. The summed E-state index contributed by atoms with van der Waals surface area (Å²) in [5, 5.41) is 0. The Bertz CT molecular complexity index is 485. The molecule has 0 saturated carbocycles. The Morgan fingerprint density at radius 3 is 2.59 bits per heavy atom. The minimum atomic E-state index is -0.0325. The van der Waals surface area contributed by atoms with Crippen LogP contribution in [0.4, 0.5) is 0 Å². The number of pyridine rings is 2. The second-order valence-corrected chi connectivity index (χ2v) is 3.76. The number of hydrogen-bond donors (Lipinski definition) is 0. The van der Waals surface area contributed by atoms with E-state index < -0.39 is 0 Å². The third-order valence-electron chi connectivity index (χ3n) is 2.42. The van der Waals surface area contributed by atoms with Crippen molar-refractivity contribution >= 4 is 5.91 Å². The van der Waals surface area contributed by atoms with Gasteiger partial charge in [0.15, 0.2) is 0 Å². The quantitative estimate of drug-likeness (QED) is 0.802. The van der Waals surface area contributed by atoms with Crippen molar-refractivity contribution in [2.24, 2.45) is 0 Å². The molecule has 0 bridgehead atoms. The van der Waals surface area contributed by atoms with Crippen LogP contribution < -0.4 is 0 Å². The molecule has 0 aliphatic rings. The Hall–Kier alpha value is -2.23. The van der Waals surface area contributed by atoms with Crippen LogP contribution in [-0.2, 0) is 6.54 Å². The lowest BCUT2D eigenvalue weighted by Crippen LogP contribution is -2.26. The van der Waals surface area contributed by atoms with E-state index in [9.17, 15) is 4.79 Å². The summed E-state index contributed by atoms with van der Waals surface area (Å²) in [6.45, 7) is 0.566. The van der Waals surface area contributed by atoms with Gasteiger partial charge in [-0.1, -0.05) is 0 Å². The van der Waals surface area contributed by atoms with E-state index in [1.807, 2.05) is 12.1 Å². The third kappa shape index (κ3) is 2.87. The van der Waals surface area contributed by atoms with Crippen LogP contribution in [0.3, 0.4) is 0 Å². The van der Waals surface area contributed by atoms with Crippen LogP contribution in [0.5, 0.6) is 0 Å². The lowest BCUT2D eigenvalue weighted by molar-refractivity contribution is 0.0784. The summed E-state index contributed by atoms with van der Waals surface area (Å²) in [6.07, 6.45) is 6.67. The average molecular weight is 227 g/mol. The van der Waals surface area contributed by atoms with E-state index in [0.717, 1.165) is 5.56 Å². The molecular formula is C13H13N3O. The van der Waals surface area contributed by atoms with Gasteiger partial charge >= 0.3 is 0 Å². The zero-order valence-corrected chi connectivity index (χ0v) is 9.58. The zero-order valence-electron chi connectivity index (χ0n) is 9.58. The van der Waals surface area contributed by atoms with Crippen molar-refractivity contribution in [2.45, 2.75) is 6.54 Å². The van der Waals surface area contributed by atoms with E-state index >= 15 is 0 Å². The number of carbonyl (C=O) groups excluding carboxylic acids is 1. The van der Waals surface area contributed by atoms with Gasteiger partial charge in [0.25, 0.3) is 5.91 Å². The monoisotopic (exact) mass is 227 g/mol. The van der Waals surface area contributed by atoms with Gasteiger partial charge in [-0.05, 0) is 29.8 Å². The smallest absolute Gasteiger partial charge is 0.255 e. The van der Waals surface area contributed by atoms with Crippen LogP contribution in [0.2, 0.25) is 0 Å². The molecule has 2 aromatic heterocycles. The van der Waals surface area contributed by atoms with Gasteiger partial charge in [-0.15, -0.1) is 0 Å². The third-order valence-corrected chi connectivity index (χ3v) is 2.42. The summed E-state index contributed by atoms with van der Waals surface area (Å²) in [7, 11) is 1.77. The highest BCUT2D eigenvalue weighted by molar-refractivity contribution is 5.93. The maximum absolute atomic E-state index is 12.0. The molecule has 0 radical (unpaired) electrons. The van der Waals surface area contributed by atoms with E-state index in [4.69, 9.17) is 0 Å². The molecule has 0 N–H and O–H groups in total. The highest BCUT2D eigenvalue weighted by Crippen LogP contribution is 2.06. The summed E-state index contributed by atoms with van der Waals surface area (Å²) in [6, 6.07) is 7.31. The number of amides is 1. The highest BCUT2D eigenvalue weighted by Gasteiger charge is 2.11. The van der Waals surface area contributed by atoms with Crippen molar-refractivity contribution in [3.05, 3.63) is 60.2 Å². The molecule has 2 heterocycles. The topological polar surface area (TPSA) is 46.1 Å². The SMILES string of the molecule is CN(Cc1ccncc1)C(=O)c1cccnc1. The molecule has 0 unspecified atom stereocenters. The Kier molecular flexibility index (Phi) is 3.45. The Labute approximate surface area is 99.9 Å². The van der Waals surface area contributed by atoms with E-state index in [1.165, 1.54) is 0 Å². The van der Waals surface area contributed by atoms with Crippen LogP contribution in [-0.4, -0.2) is 27.8 Å². The fourth-order valence-electron chi connectivity index (χ4n) is 1.54. The predicted octanol–water partition coefficient (Wildman–Crippen LogP) is 1.75. The van der Waals surface area contributed by atoms with Crippen molar-refractivity contribution in [1.29, 1.82) is 0 Å². The Balaban J connectivity index is 2.06. The molecule has 0 saturated heterocycles. The minimum Gasteiger partial charge on any atom is -0.337 e. The number of carbonyl (C=O) groups is 1. The number of rotatable bonds is 3. The predicted molar refractivity (Wildman–Crippen MR) is 64.3 cm³/mol. The molecule has 17 heavy (non-hydrogen) atoms. The molecule has 86 valence electrons. The lowest BCUT2D eigenvalue weighted by atomic mass is 10.2. The van der Waals surface area contributed by atoms with Crippen molar-refractivity contribution < 1.29 is 4.79 Å². The molecule has 4 nitrogen and oxygen atoms in total. The molecule has 0 aromatic carbocycles. The molecule has 0 aliphatic heterocycles. The first-order chi connectivity index (χ1) is 8.27. The standard InChI is InChI=1S/C13H13N3O/c1-16(10-11-4-7-14-8-5-11)13(17)12-3-2-6-15-9-12/h2-9H,10H2,1H3. The first-order valence-corrected chi connectivity index (χ1v) is 5.32. The largest absolute Gasteiger partial charge is 0.337 e. The first kappa shape index (κ1) is 11.3. The van der Waals surface area contributed by atoms with E-state index in [0.29, 0.717) is 12.1 Å². The normalized spacial score (nSPS) is 9.94. The van der Waals surface area contributed by atoms with Gasteiger partial charge in [-0.25, -0.2) is 0 Å². The maximum atomic E-state index is 12.0. The number of hydrogen-bond acceptors (Lipinski definition) is 3. The molecule has 4 heteroatoms. The maximum Gasteiger partial charge on any atom is 0.255 e. The van der Waals surface area contributed by atoms with Gasteiger partial charge in [0.05, 0.1) is 5.56 Å². The van der Waals surface area contributed by atoms with Crippen LogP contribution in [0, 0.1) is 0 Å². The average Bonchev–Trinajstić information content (AvgIpc) is 2.40. The van der Waals surface area contributed by atoms with Gasteiger partial charge in [-0.2, -0.15) is 0 Å². The van der Waals surface area contributed by atoms with Gasteiger partial charge in [-0.3, -0.25) is 14.8 Å². The Morgan fingerprint density at radius 2 is 1.94 bits per heavy atom. The molecule has 0 fully saturated rings. The molecule has 2 rings (SSSR count). The van der Waals surface area contributed by atoms with Crippen LogP contribution in [0.15, 0.2) is 49.1 Å². The van der Waals surface area contributed by atoms with Crippen molar-refractivity contribution in [2.75, 3.05) is 7.05 Å². The van der Waals surface area contributed by atoms with Crippen LogP contribution in [0.1, 0.15) is 15.9 Å². The van der Waals surface area contributed by atoms with Gasteiger partial charge in [0.2, 0.25) is 0 Å². The fraction of sp³-hybridized carbons (Fsp3) is 0.154. The van der Waals surface area contributed by atoms with Gasteiger partial charge in [0.1, 0.15) is 0 Å². The Morgan fingerprint density at radius 1 is 1.18 bits per heavy atom. The van der Waals surface area contributed by atoms with Gasteiger partial charge < -0.3 is 4.90 Å². The molecule has 2 aromatic rings. The molecule has 1 amide bonds.